The van der Waals surface area contributed by atoms with E-state index in [4.69, 9.17) is 9.84 Å². The van der Waals surface area contributed by atoms with Gasteiger partial charge in [0.1, 0.15) is 0 Å². The van der Waals surface area contributed by atoms with E-state index in [9.17, 15) is 9.59 Å². The SMILES string of the molecule is O=C(O)C1=C(NC2CC2c2ccccc2)OCC1=O.[NaH]. The van der Waals surface area contributed by atoms with Gasteiger partial charge in [-0.2, -0.15) is 0 Å². The van der Waals surface area contributed by atoms with Crippen LogP contribution in [0.3, 0.4) is 0 Å². The van der Waals surface area contributed by atoms with Crippen molar-refractivity contribution in [3.05, 3.63) is 47.4 Å². The Morgan fingerprint density at radius 2 is 2.00 bits per heavy atom. The molecule has 0 spiro atoms. The minimum atomic E-state index is -1.23. The standard InChI is InChI=1S/C14H13NO4.Na.H/c16-11-7-19-13(12(11)14(17)18)15-10-6-9(10)8-4-2-1-3-5-8;;/h1-5,9-10,15H,6-7H2,(H,17,18);;. The molecule has 1 heterocycles. The third-order valence-electron chi connectivity index (χ3n) is 3.40. The third kappa shape index (κ3) is 2.90. The number of aliphatic carboxylic acids is 1. The molecule has 0 amide bonds. The summed E-state index contributed by atoms with van der Waals surface area (Å²) >= 11 is 0. The van der Waals surface area contributed by atoms with Crippen molar-refractivity contribution < 1.29 is 19.4 Å². The molecule has 1 aliphatic carbocycles. The second-order valence-corrected chi connectivity index (χ2v) is 4.72. The Labute approximate surface area is 138 Å². The number of carbonyl (C=O) groups excluding carboxylic acids is 1. The molecule has 1 aromatic carbocycles. The molecule has 2 aliphatic rings. The quantitative estimate of drug-likeness (QED) is 0.617. The molecule has 0 radical (unpaired) electrons. The van der Waals surface area contributed by atoms with E-state index in [-0.39, 0.29) is 53.7 Å². The fourth-order valence-corrected chi connectivity index (χ4v) is 2.33. The van der Waals surface area contributed by atoms with E-state index < -0.39 is 11.8 Å². The summed E-state index contributed by atoms with van der Waals surface area (Å²) in [6, 6.07) is 10.1. The average Bonchev–Trinajstić information content (AvgIpc) is 3.06. The topological polar surface area (TPSA) is 75.6 Å². The molecule has 0 saturated heterocycles. The molecule has 1 aliphatic heterocycles. The zero-order chi connectivity index (χ0) is 13.4. The summed E-state index contributed by atoms with van der Waals surface area (Å²) < 4.78 is 5.11. The Kier molecular flexibility index (Phi) is 4.52. The first-order valence-corrected chi connectivity index (χ1v) is 6.12. The Bertz CT molecular complexity index is 570. The van der Waals surface area contributed by atoms with Crippen molar-refractivity contribution in [1.29, 1.82) is 0 Å². The summed E-state index contributed by atoms with van der Waals surface area (Å²) in [5, 5.41) is 12.0. The molecule has 2 unspecified atom stereocenters. The van der Waals surface area contributed by atoms with Gasteiger partial charge >= 0.3 is 35.5 Å². The van der Waals surface area contributed by atoms with Crippen molar-refractivity contribution in [2.24, 2.45) is 0 Å². The van der Waals surface area contributed by atoms with Crippen LogP contribution in [0.15, 0.2) is 41.8 Å². The van der Waals surface area contributed by atoms with Gasteiger partial charge in [0.05, 0.1) is 0 Å². The Hall–Kier alpha value is -1.30. The molecule has 1 aromatic rings. The van der Waals surface area contributed by atoms with E-state index >= 15 is 0 Å². The Morgan fingerprint density at radius 3 is 2.65 bits per heavy atom. The van der Waals surface area contributed by atoms with Crippen molar-refractivity contribution in [3.8, 4) is 0 Å². The summed E-state index contributed by atoms with van der Waals surface area (Å²) in [6.07, 6.45) is 0.915. The van der Waals surface area contributed by atoms with Crippen LogP contribution in [-0.4, -0.2) is 59.1 Å². The van der Waals surface area contributed by atoms with Crippen LogP contribution in [0, 0.1) is 0 Å². The van der Waals surface area contributed by atoms with Crippen LogP contribution in [0.5, 0.6) is 0 Å². The van der Waals surface area contributed by atoms with E-state index in [0.717, 1.165) is 6.42 Å². The van der Waals surface area contributed by atoms with Gasteiger partial charge in [-0.25, -0.2) is 4.79 Å². The summed E-state index contributed by atoms with van der Waals surface area (Å²) in [4.78, 5) is 22.4. The number of ketones is 1. The van der Waals surface area contributed by atoms with Crippen LogP contribution < -0.4 is 5.32 Å². The van der Waals surface area contributed by atoms with Crippen LogP contribution in [-0.2, 0) is 14.3 Å². The van der Waals surface area contributed by atoms with E-state index in [1.807, 2.05) is 30.3 Å². The van der Waals surface area contributed by atoms with Crippen molar-refractivity contribution >= 4 is 41.3 Å². The summed E-state index contributed by atoms with van der Waals surface area (Å²) in [6.45, 7) is -0.188. The average molecular weight is 283 g/mol. The van der Waals surface area contributed by atoms with E-state index in [0.29, 0.717) is 5.92 Å². The van der Waals surface area contributed by atoms with Crippen molar-refractivity contribution in [2.45, 2.75) is 18.4 Å². The minimum absolute atomic E-state index is 0. The number of rotatable bonds is 4. The first-order valence-electron chi connectivity index (χ1n) is 6.12. The maximum atomic E-state index is 11.4. The predicted molar refractivity (Wildman–Crippen MR) is 73.5 cm³/mol. The van der Waals surface area contributed by atoms with Crippen LogP contribution in [0.25, 0.3) is 0 Å². The molecule has 100 valence electrons. The van der Waals surface area contributed by atoms with Gasteiger partial charge in [-0.3, -0.25) is 4.79 Å². The van der Waals surface area contributed by atoms with Gasteiger partial charge in [0, 0.05) is 12.0 Å². The number of benzene rings is 1. The summed E-state index contributed by atoms with van der Waals surface area (Å²) in [7, 11) is 0. The number of ether oxygens (including phenoxy) is 1. The normalized spacial score (nSPS) is 23.9. The van der Waals surface area contributed by atoms with Gasteiger partial charge in [-0.1, -0.05) is 30.3 Å². The molecule has 0 bridgehead atoms. The second kappa shape index (κ2) is 5.99. The first-order chi connectivity index (χ1) is 9.16. The monoisotopic (exact) mass is 283 g/mol. The number of hydrogen-bond acceptors (Lipinski definition) is 4. The molecule has 3 rings (SSSR count). The summed E-state index contributed by atoms with van der Waals surface area (Å²) in [5.74, 6) is -1.25. The number of nitrogens with one attached hydrogen (secondary N) is 1. The molecule has 1 fully saturated rings. The van der Waals surface area contributed by atoms with Gasteiger partial charge in [-0.05, 0) is 12.0 Å². The van der Waals surface area contributed by atoms with Gasteiger partial charge in [0.25, 0.3) is 0 Å². The van der Waals surface area contributed by atoms with Crippen molar-refractivity contribution in [1.82, 2.24) is 5.32 Å². The van der Waals surface area contributed by atoms with Gasteiger partial charge < -0.3 is 15.2 Å². The molecule has 1 saturated carbocycles. The molecule has 2 atom stereocenters. The van der Waals surface area contributed by atoms with Crippen LogP contribution in [0.2, 0.25) is 0 Å². The van der Waals surface area contributed by atoms with Crippen LogP contribution in [0.1, 0.15) is 17.9 Å². The second-order valence-electron chi connectivity index (χ2n) is 4.72. The molecule has 5 nitrogen and oxygen atoms in total. The van der Waals surface area contributed by atoms with E-state index in [2.05, 4.69) is 5.32 Å². The number of carboxylic acids is 1. The molecular weight excluding hydrogens is 269 g/mol. The predicted octanol–water partition coefficient (Wildman–Crippen LogP) is 0.379. The summed E-state index contributed by atoms with van der Waals surface area (Å²) in [5.41, 5.74) is 0.945. The maximum absolute atomic E-state index is 11.4. The van der Waals surface area contributed by atoms with Crippen LogP contribution >= 0.6 is 0 Å². The fraction of sp³-hybridized carbons (Fsp3) is 0.286. The molecular formula is C14H14NNaO4. The third-order valence-corrected chi connectivity index (χ3v) is 3.40. The fourth-order valence-electron chi connectivity index (χ4n) is 2.33. The molecule has 20 heavy (non-hydrogen) atoms. The van der Waals surface area contributed by atoms with E-state index in [1.54, 1.807) is 0 Å². The van der Waals surface area contributed by atoms with Crippen molar-refractivity contribution in [3.63, 3.8) is 0 Å². The molecule has 0 aromatic heterocycles. The Balaban J connectivity index is 0.00000147. The first kappa shape index (κ1) is 15.1. The van der Waals surface area contributed by atoms with E-state index in [1.165, 1.54) is 5.56 Å². The van der Waals surface area contributed by atoms with Gasteiger partial charge in [0.15, 0.2) is 12.2 Å². The van der Waals surface area contributed by atoms with Gasteiger partial charge in [0.2, 0.25) is 11.7 Å². The van der Waals surface area contributed by atoms with Crippen molar-refractivity contribution in [2.75, 3.05) is 6.61 Å². The van der Waals surface area contributed by atoms with Gasteiger partial charge in [-0.15, -0.1) is 0 Å². The zero-order valence-corrected chi connectivity index (χ0v) is 10.1. The molecule has 6 heteroatoms. The number of Topliss-reactive ketones (excluding diaryl/α,β-unsaturated/α-hetero) is 1. The van der Waals surface area contributed by atoms with Crippen LogP contribution in [0.4, 0.5) is 0 Å². The Morgan fingerprint density at radius 1 is 1.30 bits per heavy atom. The number of hydrogen-bond donors (Lipinski definition) is 2. The zero-order valence-electron chi connectivity index (χ0n) is 10.1. The number of carboxylic acid groups (broad SMARTS) is 1. The molecule has 2 N–H and O–H groups in total. The number of carbonyl (C=O) groups is 2.